The van der Waals surface area contributed by atoms with Crippen molar-refractivity contribution in [1.82, 2.24) is 5.32 Å². The Hall–Kier alpha value is -2.85. The zero-order chi connectivity index (χ0) is 19.9. The summed E-state index contributed by atoms with van der Waals surface area (Å²) in [5.41, 5.74) is 8.53. The van der Waals surface area contributed by atoms with Crippen LogP contribution in [0.3, 0.4) is 0 Å². The molecule has 1 aliphatic rings. The largest absolute Gasteiger partial charge is 0.456 e. The number of rotatable bonds is 6. The van der Waals surface area contributed by atoms with Crippen LogP contribution in [0, 0.1) is 0 Å². The standard InChI is InChI=1S/C14H20N4O8/c1-6(19)17-11-13(24-8(3)21)12(23-7(2)20)10(5-16-18-15)26-14(11)25-9(4)22/h10-14H,5H2,1-4H3,(H,17,19)/t10-,11-,12-,13-,14?/m1/s1. The van der Waals surface area contributed by atoms with E-state index in [0.717, 1.165) is 20.8 Å². The second kappa shape index (κ2) is 9.59. The minimum absolute atomic E-state index is 0.295. The number of ether oxygens (including phenoxy) is 4. The second-order valence-electron chi connectivity index (χ2n) is 5.44. The molecular weight excluding hydrogens is 352 g/mol. The van der Waals surface area contributed by atoms with E-state index >= 15 is 0 Å². The SMILES string of the molecule is CC(=O)N[C@H]1C(OC(C)=O)O[C@H](CN=[N+]=[N-])[C@@H](OC(C)=O)[C@@H]1OC(C)=O. The summed E-state index contributed by atoms with van der Waals surface area (Å²) in [6.45, 7) is 4.27. The highest BCUT2D eigenvalue weighted by molar-refractivity contribution is 5.74. The van der Waals surface area contributed by atoms with Crippen LogP contribution in [0.25, 0.3) is 10.4 Å². The number of carbonyl (C=O) groups is 4. The van der Waals surface area contributed by atoms with Gasteiger partial charge in [-0.1, -0.05) is 5.11 Å². The number of hydrogen-bond donors (Lipinski definition) is 1. The van der Waals surface area contributed by atoms with E-state index in [9.17, 15) is 19.2 Å². The lowest BCUT2D eigenvalue weighted by atomic mass is 9.95. The Balaban J connectivity index is 3.32. The molecule has 1 aliphatic heterocycles. The van der Waals surface area contributed by atoms with E-state index < -0.39 is 54.5 Å². The highest BCUT2D eigenvalue weighted by Crippen LogP contribution is 2.28. The monoisotopic (exact) mass is 372 g/mol. The summed E-state index contributed by atoms with van der Waals surface area (Å²) in [4.78, 5) is 48.5. The third-order valence-electron chi connectivity index (χ3n) is 3.23. The highest BCUT2D eigenvalue weighted by atomic mass is 16.7. The molecule has 0 aliphatic carbocycles. The van der Waals surface area contributed by atoms with Gasteiger partial charge in [0.1, 0.15) is 12.1 Å². The van der Waals surface area contributed by atoms with Crippen molar-refractivity contribution >= 4 is 23.8 Å². The average molecular weight is 372 g/mol. The average Bonchev–Trinajstić information content (AvgIpc) is 2.49. The van der Waals surface area contributed by atoms with Crippen molar-refractivity contribution in [2.45, 2.75) is 58.3 Å². The Morgan fingerprint density at radius 1 is 1.00 bits per heavy atom. The summed E-state index contributed by atoms with van der Waals surface area (Å²) in [6.07, 6.45) is -4.87. The van der Waals surface area contributed by atoms with Gasteiger partial charge in [0, 0.05) is 32.6 Å². The smallest absolute Gasteiger partial charge is 0.305 e. The zero-order valence-electron chi connectivity index (χ0n) is 14.7. The van der Waals surface area contributed by atoms with Crippen LogP contribution >= 0.6 is 0 Å². The molecule has 26 heavy (non-hydrogen) atoms. The topological polar surface area (TPSA) is 166 Å². The molecule has 12 nitrogen and oxygen atoms in total. The molecule has 1 rings (SSSR count). The van der Waals surface area contributed by atoms with Crippen molar-refractivity contribution < 1.29 is 38.1 Å². The molecule has 0 saturated carbocycles. The predicted molar refractivity (Wildman–Crippen MR) is 83.2 cm³/mol. The van der Waals surface area contributed by atoms with E-state index in [4.69, 9.17) is 24.5 Å². The van der Waals surface area contributed by atoms with Crippen LogP contribution in [0.1, 0.15) is 27.7 Å². The Morgan fingerprint density at radius 2 is 1.54 bits per heavy atom. The summed E-state index contributed by atoms with van der Waals surface area (Å²) in [5.74, 6) is -2.69. The van der Waals surface area contributed by atoms with Gasteiger partial charge in [0.15, 0.2) is 12.2 Å². The predicted octanol–water partition coefficient (Wildman–Crippen LogP) is -0.0472. The number of azide groups is 1. The third kappa shape index (κ3) is 6.22. The van der Waals surface area contributed by atoms with Crippen LogP contribution in [0.2, 0.25) is 0 Å². The molecule has 1 saturated heterocycles. The minimum atomic E-state index is -1.36. The van der Waals surface area contributed by atoms with Gasteiger partial charge in [-0.15, -0.1) is 0 Å². The van der Waals surface area contributed by atoms with Crippen LogP contribution in [-0.2, 0) is 38.1 Å². The summed E-state index contributed by atoms with van der Waals surface area (Å²) < 4.78 is 21.0. The first-order valence-corrected chi connectivity index (χ1v) is 7.60. The molecule has 12 heteroatoms. The minimum Gasteiger partial charge on any atom is -0.456 e. The summed E-state index contributed by atoms with van der Waals surface area (Å²) >= 11 is 0. The Bertz CT molecular complexity index is 588. The lowest BCUT2D eigenvalue weighted by Gasteiger charge is -2.44. The fourth-order valence-corrected chi connectivity index (χ4v) is 2.49. The first-order valence-electron chi connectivity index (χ1n) is 7.60. The molecule has 0 spiro atoms. The van der Waals surface area contributed by atoms with E-state index in [1.807, 2.05) is 0 Å². The van der Waals surface area contributed by atoms with Gasteiger partial charge in [-0.3, -0.25) is 19.2 Å². The van der Waals surface area contributed by atoms with Gasteiger partial charge in [0.25, 0.3) is 0 Å². The van der Waals surface area contributed by atoms with Crippen molar-refractivity contribution in [2.24, 2.45) is 5.11 Å². The van der Waals surface area contributed by atoms with E-state index in [-0.39, 0.29) is 6.54 Å². The van der Waals surface area contributed by atoms with Gasteiger partial charge in [-0.05, 0) is 5.53 Å². The van der Waals surface area contributed by atoms with Gasteiger partial charge in [0.05, 0.1) is 6.54 Å². The van der Waals surface area contributed by atoms with Crippen LogP contribution in [0.5, 0.6) is 0 Å². The molecule has 0 radical (unpaired) electrons. The van der Waals surface area contributed by atoms with Crippen LogP contribution < -0.4 is 5.32 Å². The van der Waals surface area contributed by atoms with Crippen molar-refractivity contribution in [3.05, 3.63) is 10.4 Å². The normalized spacial score (nSPS) is 27.5. The van der Waals surface area contributed by atoms with E-state index in [1.165, 1.54) is 6.92 Å². The number of hydrogen-bond acceptors (Lipinski definition) is 9. The Morgan fingerprint density at radius 3 is 2.00 bits per heavy atom. The molecule has 1 unspecified atom stereocenters. The second-order valence-corrected chi connectivity index (χ2v) is 5.44. The number of amides is 1. The van der Waals surface area contributed by atoms with Crippen molar-refractivity contribution in [2.75, 3.05) is 6.54 Å². The molecule has 1 heterocycles. The zero-order valence-corrected chi connectivity index (χ0v) is 14.7. The van der Waals surface area contributed by atoms with Gasteiger partial charge in [-0.2, -0.15) is 0 Å². The maximum Gasteiger partial charge on any atom is 0.305 e. The number of nitrogens with zero attached hydrogens (tertiary/aromatic N) is 3. The molecular formula is C14H20N4O8. The van der Waals surface area contributed by atoms with Crippen molar-refractivity contribution in [1.29, 1.82) is 0 Å². The molecule has 5 atom stereocenters. The van der Waals surface area contributed by atoms with Crippen LogP contribution in [-0.4, -0.2) is 61.0 Å². The van der Waals surface area contributed by atoms with E-state index in [1.54, 1.807) is 0 Å². The quantitative estimate of drug-likeness (QED) is 0.223. The van der Waals surface area contributed by atoms with Crippen LogP contribution in [0.4, 0.5) is 0 Å². The first kappa shape index (κ1) is 21.2. The molecule has 0 bridgehead atoms. The molecule has 144 valence electrons. The number of carbonyl (C=O) groups excluding carboxylic acids is 4. The van der Waals surface area contributed by atoms with Gasteiger partial charge < -0.3 is 24.3 Å². The van der Waals surface area contributed by atoms with E-state index in [0.29, 0.717) is 0 Å². The highest BCUT2D eigenvalue weighted by Gasteiger charge is 2.51. The van der Waals surface area contributed by atoms with Gasteiger partial charge in [0.2, 0.25) is 12.2 Å². The number of esters is 3. The van der Waals surface area contributed by atoms with Crippen molar-refractivity contribution in [3.63, 3.8) is 0 Å². The molecule has 0 aromatic carbocycles. The summed E-state index contributed by atoms with van der Waals surface area (Å²) in [6, 6.07) is -1.15. The molecule has 0 aromatic heterocycles. The number of nitrogens with one attached hydrogen (secondary N) is 1. The van der Waals surface area contributed by atoms with E-state index in [2.05, 4.69) is 15.3 Å². The lowest BCUT2D eigenvalue weighted by molar-refractivity contribution is -0.262. The van der Waals surface area contributed by atoms with Gasteiger partial charge in [-0.25, -0.2) is 0 Å². The van der Waals surface area contributed by atoms with Gasteiger partial charge >= 0.3 is 17.9 Å². The fraction of sp³-hybridized carbons (Fsp3) is 0.714. The summed E-state index contributed by atoms with van der Waals surface area (Å²) in [5, 5.41) is 5.82. The Labute approximate surface area is 148 Å². The molecule has 0 aromatic rings. The van der Waals surface area contributed by atoms with Crippen molar-refractivity contribution in [3.8, 4) is 0 Å². The third-order valence-corrected chi connectivity index (χ3v) is 3.23. The first-order chi connectivity index (χ1) is 12.1. The molecule has 1 N–H and O–H groups in total. The fourth-order valence-electron chi connectivity index (χ4n) is 2.49. The molecule has 1 fully saturated rings. The molecule has 1 amide bonds. The summed E-state index contributed by atoms with van der Waals surface area (Å²) in [7, 11) is 0. The Kier molecular flexibility index (Phi) is 7.81. The van der Waals surface area contributed by atoms with Crippen LogP contribution in [0.15, 0.2) is 5.11 Å². The maximum atomic E-state index is 11.5. The maximum absolute atomic E-state index is 11.5. The lowest BCUT2D eigenvalue weighted by Crippen LogP contribution is -2.66.